The van der Waals surface area contributed by atoms with Crippen LogP contribution in [0, 0.1) is 16.0 Å². The smallest absolute Gasteiger partial charge is 0.283 e. The predicted octanol–water partition coefficient (Wildman–Crippen LogP) is 1.79. The molecule has 1 aliphatic heterocycles. The number of carbonyl (C=O) groups excluding carboxylic acids is 2. The molecule has 4 N–H and O–H groups in total. The van der Waals surface area contributed by atoms with E-state index in [4.69, 9.17) is 11.5 Å². The van der Waals surface area contributed by atoms with E-state index in [1.54, 1.807) is 4.90 Å². The summed E-state index contributed by atoms with van der Waals surface area (Å²) in [6.07, 6.45) is 1.92. The second-order valence-electron chi connectivity index (χ2n) is 6.19. The van der Waals surface area contributed by atoms with Crippen LogP contribution in [0.2, 0.25) is 0 Å². The summed E-state index contributed by atoms with van der Waals surface area (Å²) in [6.45, 7) is 3.25. The van der Waals surface area contributed by atoms with Gasteiger partial charge in [0.15, 0.2) is 0 Å². The summed E-state index contributed by atoms with van der Waals surface area (Å²) in [6, 6.07) is 4.06. The normalized spacial score (nSPS) is 17.9. The number of benzene rings is 1. The lowest BCUT2D eigenvalue weighted by molar-refractivity contribution is -0.387. The van der Waals surface area contributed by atoms with Crippen LogP contribution in [-0.2, 0) is 4.79 Å². The Hall–Kier alpha value is -1.84. The average Bonchev–Trinajstić information content (AvgIpc) is 2.59. The molecule has 2 unspecified atom stereocenters. The van der Waals surface area contributed by atoms with Gasteiger partial charge in [-0.3, -0.25) is 19.7 Å². The summed E-state index contributed by atoms with van der Waals surface area (Å²) in [5.74, 6) is -0.413. The minimum atomic E-state index is -0.731. The van der Waals surface area contributed by atoms with Crippen molar-refractivity contribution in [1.29, 1.82) is 0 Å². The van der Waals surface area contributed by atoms with E-state index in [1.165, 1.54) is 12.1 Å². The molecule has 1 aliphatic rings. The molecule has 8 nitrogen and oxygen atoms in total. The molecular formula is C16H23ClN4O4S. The van der Waals surface area contributed by atoms with Gasteiger partial charge in [0.2, 0.25) is 11.8 Å². The summed E-state index contributed by atoms with van der Waals surface area (Å²) >= 11 is 1.09. The van der Waals surface area contributed by atoms with Crippen LogP contribution >= 0.6 is 24.2 Å². The molecule has 2 atom stereocenters. The Kier molecular flexibility index (Phi) is 8.32. The maximum atomic E-state index is 12.4. The minimum absolute atomic E-state index is 0. The second-order valence-corrected chi connectivity index (χ2v) is 7.21. The van der Waals surface area contributed by atoms with Gasteiger partial charge in [-0.15, -0.1) is 24.2 Å². The molecule has 1 saturated heterocycles. The van der Waals surface area contributed by atoms with Gasteiger partial charge >= 0.3 is 0 Å². The van der Waals surface area contributed by atoms with E-state index in [0.717, 1.165) is 30.7 Å². The highest BCUT2D eigenvalue weighted by Gasteiger charge is 2.26. The van der Waals surface area contributed by atoms with Crippen molar-refractivity contribution in [1.82, 2.24) is 4.90 Å². The number of halogens is 1. The number of carbonyl (C=O) groups is 2. The van der Waals surface area contributed by atoms with Gasteiger partial charge in [0.05, 0.1) is 15.6 Å². The molecule has 0 aliphatic carbocycles. The third kappa shape index (κ3) is 5.58. The number of primary amides is 1. The highest BCUT2D eigenvalue weighted by molar-refractivity contribution is 8.00. The Bertz CT molecular complexity index is 686. The standard InChI is InChI=1S/C16H22N4O4S.ClH/c1-10(17)12-3-2-6-19(8-12)15(21)9-25-14-5-4-11(16(18)22)7-13(14)20(23)24;/h4-5,7,10,12H,2-3,6,8-9,17H2,1H3,(H2,18,22);1H. The van der Waals surface area contributed by atoms with Crippen LogP contribution in [0.4, 0.5) is 5.69 Å². The molecule has 144 valence electrons. The number of piperidine rings is 1. The molecule has 26 heavy (non-hydrogen) atoms. The lowest BCUT2D eigenvalue weighted by atomic mass is 9.92. The first-order valence-corrected chi connectivity index (χ1v) is 9.02. The molecule has 2 amide bonds. The van der Waals surface area contributed by atoms with Gasteiger partial charge in [-0.2, -0.15) is 0 Å². The molecule has 0 spiro atoms. The zero-order valence-electron chi connectivity index (χ0n) is 14.4. The lowest BCUT2D eigenvalue weighted by Gasteiger charge is -2.34. The Morgan fingerprint density at radius 2 is 2.15 bits per heavy atom. The monoisotopic (exact) mass is 402 g/mol. The number of likely N-dealkylation sites (tertiary alicyclic amines) is 1. The number of nitrogens with zero attached hydrogens (tertiary/aromatic N) is 2. The van der Waals surface area contributed by atoms with Crippen molar-refractivity contribution in [2.24, 2.45) is 17.4 Å². The van der Waals surface area contributed by atoms with E-state index in [0.29, 0.717) is 18.0 Å². The molecule has 1 aromatic rings. The number of hydrogen-bond donors (Lipinski definition) is 2. The summed E-state index contributed by atoms with van der Waals surface area (Å²) in [7, 11) is 0. The van der Waals surface area contributed by atoms with Gasteiger partial charge in [0, 0.05) is 30.8 Å². The van der Waals surface area contributed by atoms with E-state index in [2.05, 4.69) is 0 Å². The van der Waals surface area contributed by atoms with Crippen molar-refractivity contribution in [3.05, 3.63) is 33.9 Å². The first-order valence-electron chi connectivity index (χ1n) is 8.04. The molecule has 2 rings (SSSR count). The number of thioether (sulfide) groups is 1. The lowest BCUT2D eigenvalue weighted by Crippen LogP contribution is -2.45. The van der Waals surface area contributed by atoms with Crippen molar-refractivity contribution >= 4 is 41.7 Å². The molecule has 0 bridgehead atoms. The Balaban J connectivity index is 0.00000338. The number of nitrogens with two attached hydrogens (primary N) is 2. The van der Waals surface area contributed by atoms with Gasteiger partial charge in [0.25, 0.3) is 5.69 Å². The SMILES string of the molecule is CC(N)C1CCCN(C(=O)CSc2ccc(C(N)=O)cc2[N+](=O)[O-])C1.Cl. The number of amides is 2. The predicted molar refractivity (Wildman–Crippen MR) is 103 cm³/mol. The van der Waals surface area contributed by atoms with E-state index in [9.17, 15) is 19.7 Å². The Labute approximate surface area is 162 Å². The third-order valence-electron chi connectivity index (χ3n) is 4.35. The van der Waals surface area contributed by atoms with Crippen LogP contribution in [-0.4, -0.2) is 46.5 Å². The van der Waals surface area contributed by atoms with Gasteiger partial charge in [-0.1, -0.05) is 0 Å². The van der Waals surface area contributed by atoms with Crippen LogP contribution in [0.5, 0.6) is 0 Å². The summed E-state index contributed by atoms with van der Waals surface area (Å²) < 4.78 is 0. The van der Waals surface area contributed by atoms with E-state index >= 15 is 0 Å². The highest BCUT2D eigenvalue weighted by atomic mass is 35.5. The fourth-order valence-corrected chi connectivity index (χ4v) is 3.74. The molecule has 0 saturated carbocycles. The van der Waals surface area contributed by atoms with Gasteiger partial charge < -0.3 is 16.4 Å². The third-order valence-corrected chi connectivity index (χ3v) is 5.39. The molecule has 1 heterocycles. The maximum absolute atomic E-state index is 12.4. The van der Waals surface area contributed by atoms with Crippen LogP contribution in [0.25, 0.3) is 0 Å². The largest absolute Gasteiger partial charge is 0.366 e. The summed E-state index contributed by atoms with van der Waals surface area (Å²) in [4.78, 5) is 36.3. The summed E-state index contributed by atoms with van der Waals surface area (Å²) in [5, 5.41) is 11.2. The van der Waals surface area contributed by atoms with Gasteiger partial charge in [-0.05, 0) is 37.8 Å². The molecule has 1 aromatic carbocycles. The van der Waals surface area contributed by atoms with Crippen molar-refractivity contribution in [3.63, 3.8) is 0 Å². The molecule has 0 radical (unpaired) electrons. The van der Waals surface area contributed by atoms with Gasteiger partial charge in [-0.25, -0.2) is 0 Å². The second kappa shape index (κ2) is 9.75. The number of nitro benzene ring substituents is 1. The first kappa shape index (κ1) is 22.2. The van der Waals surface area contributed by atoms with Crippen LogP contribution in [0.1, 0.15) is 30.1 Å². The van der Waals surface area contributed by atoms with Crippen molar-refractivity contribution < 1.29 is 14.5 Å². The van der Waals surface area contributed by atoms with Crippen molar-refractivity contribution in [3.8, 4) is 0 Å². The van der Waals surface area contributed by atoms with E-state index in [-0.39, 0.29) is 47.3 Å². The van der Waals surface area contributed by atoms with Crippen LogP contribution in [0.3, 0.4) is 0 Å². The van der Waals surface area contributed by atoms with Gasteiger partial charge in [0.1, 0.15) is 0 Å². The molecular weight excluding hydrogens is 380 g/mol. The topological polar surface area (TPSA) is 133 Å². The quantitative estimate of drug-likeness (QED) is 0.423. The van der Waals surface area contributed by atoms with Crippen LogP contribution < -0.4 is 11.5 Å². The number of rotatable bonds is 6. The maximum Gasteiger partial charge on any atom is 0.283 e. The Morgan fingerprint density at radius 1 is 1.46 bits per heavy atom. The average molecular weight is 403 g/mol. The molecule has 0 aromatic heterocycles. The first-order chi connectivity index (χ1) is 11.8. The number of nitro groups is 1. The summed E-state index contributed by atoms with van der Waals surface area (Å²) in [5.41, 5.74) is 10.9. The Morgan fingerprint density at radius 3 is 2.73 bits per heavy atom. The molecule has 1 fully saturated rings. The fourth-order valence-electron chi connectivity index (χ4n) is 2.83. The van der Waals surface area contributed by atoms with Crippen molar-refractivity contribution in [2.75, 3.05) is 18.8 Å². The van der Waals surface area contributed by atoms with E-state index < -0.39 is 10.8 Å². The zero-order valence-corrected chi connectivity index (χ0v) is 16.1. The van der Waals surface area contributed by atoms with E-state index in [1.807, 2.05) is 6.92 Å². The zero-order chi connectivity index (χ0) is 18.6. The number of hydrogen-bond acceptors (Lipinski definition) is 6. The minimum Gasteiger partial charge on any atom is -0.366 e. The van der Waals surface area contributed by atoms with Crippen molar-refractivity contribution in [2.45, 2.75) is 30.7 Å². The highest BCUT2D eigenvalue weighted by Crippen LogP contribution is 2.30. The fraction of sp³-hybridized carbons (Fsp3) is 0.500. The van der Waals surface area contributed by atoms with Crippen LogP contribution in [0.15, 0.2) is 23.1 Å². The molecule has 10 heteroatoms.